The number of nitrogens with zero attached hydrogens (tertiary/aromatic N) is 1. The molecule has 0 saturated heterocycles. The molecule has 0 amide bonds. The molecule has 1 aliphatic carbocycles. The van der Waals surface area contributed by atoms with Gasteiger partial charge in [0.15, 0.2) is 5.78 Å². The van der Waals surface area contributed by atoms with Gasteiger partial charge in [-0.15, -0.1) is 0 Å². The summed E-state index contributed by atoms with van der Waals surface area (Å²) in [6.07, 6.45) is 2.72. The van der Waals surface area contributed by atoms with Gasteiger partial charge in [0.2, 0.25) is 5.78 Å². The van der Waals surface area contributed by atoms with Crippen LogP contribution in [0.15, 0.2) is 23.9 Å². The van der Waals surface area contributed by atoms with E-state index in [1.807, 2.05) is 0 Å². The maximum atomic E-state index is 12.2. The summed E-state index contributed by atoms with van der Waals surface area (Å²) in [5, 5.41) is 11.6. The van der Waals surface area contributed by atoms with Crippen molar-refractivity contribution in [1.29, 1.82) is 0 Å². The minimum absolute atomic E-state index is 0.122. The van der Waals surface area contributed by atoms with E-state index in [0.717, 1.165) is 6.42 Å². The number of aliphatic hydroxyl groups excluding tert-OH is 1. The zero-order valence-corrected chi connectivity index (χ0v) is 10.8. The van der Waals surface area contributed by atoms with E-state index < -0.39 is 0 Å². The molecule has 2 rings (SSSR count). The molecule has 0 aromatic carbocycles. The number of pyridine rings is 1. The van der Waals surface area contributed by atoms with Crippen molar-refractivity contribution in [1.82, 2.24) is 10.3 Å². The lowest BCUT2D eigenvalue weighted by Crippen LogP contribution is -2.28. The molecule has 0 unspecified atom stereocenters. The fourth-order valence-corrected chi connectivity index (χ4v) is 1.92. The Morgan fingerprint density at radius 3 is 2.79 bits per heavy atom. The number of fused-ring (bicyclic) bond motifs is 1. The second kappa shape index (κ2) is 5.75. The Morgan fingerprint density at radius 2 is 2.05 bits per heavy atom. The molecule has 0 fully saturated rings. The lowest BCUT2D eigenvalue weighted by molar-refractivity contribution is 0.0974. The molecule has 1 aromatic rings. The number of hydrogen-bond donors (Lipinski definition) is 2. The molecular formula is C14H16N2O3. The number of carbonyl (C=O) groups excluding carboxylic acids is 2. The number of Topliss-reactive ketones (excluding diaryl/α,β-unsaturated/α-hetero) is 1. The molecule has 0 atom stereocenters. The van der Waals surface area contributed by atoms with Crippen LogP contribution in [0.1, 0.15) is 39.4 Å². The number of aliphatic hydroxyl groups is 1. The highest BCUT2D eigenvalue weighted by Gasteiger charge is 2.26. The molecule has 0 spiro atoms. The molecule has 0 radical (unpaired) electrons. The standard InChI is InChI=1S/C14H16N2O3/c1-9-4-5-10-12(18)8-11(14(19)13(10)16-9)15-6-2-3-7-17/h4-5,8,15,17H,2-3,6-7H2,1H3. The highest BCUT2D eigenvalue weighted by atomic mass is 16.3. The van der Waals surface area contributed by atoms with Crippen LogP contribution in [0.3, 0.4) is 0 Å². The summed E-state index contributed by atoms with van der Waals surface area (Å²) in [5.74, 6) is -0.450. The minimum atomic E-state index is -0.248. The van der Waals surface area contributed by atoms with E-state index in [0.29, 0.717) is 24.2 Å². The van der Waals surface area contributed by atoms with E-state index in [4.69, 9.17) is 5.11 Å². The van der Waals surface area contributed by atoms with Crippen molar-refractivity contribution in [3.63, 3.8) is 0 Å². The van der Waals surface area contributed by atoms with Gasteiger partial charge in [0.25, 0.3) is 0 Å². The fourth-order valence-electron chi connectivity index (χ4n) is 1.92. The van der Waals surface area contributed by atoms with Crippen molar-refractivity contribution in [3.8, 4) is 0 Å². The highest BCUT2D eigenvalue weighted by molar-refractivity contribution is 6.23. The van der Waals surface area contributed by atoms with Gasteiger partial charge in [-0.2, -0.15) is 0 Å². The normalized spacial score (nSPS) is 14.1. The van der Waals surface area contributed by atoms with Gasteiger partial charge in [0.05, 0.1) is 11.3 Å². The van der Waals surface area contributed by atoms with E-state index in [2.05, 4.69) is 10.3 Å². The molecule has 19 heavy (non-hydrogen) atoms. The molecule has 0 aliphatic heterocycles. The van der Waals surface area contributed by atoms with Crippen molar-refractivity contribution in [2.45, 2.75) is 19.8 Å². The lowest BCUT2D eigenvalue weighted by Gasteiger charge is -2.16. The molecule has 2 N–H and O–H groups in total. The first kappa shape index (κ1) is 13.4. The molecule has 0 saturated carbocycles. The van der Waals surface area contributed by atoms with E-state index >= 15 is 0 Å². The van der Waals surface area contributed by atoms with Gasteiger partial charge in [0, 0.05) is 24.9 Å². The first-order chi connectivity index (χ1) is 9.13. The third kappa shape index (κ3) is 2.88. The maximum Gasteiger partial charge on any atom is 0.228 e. The Labute approximate surface area is 111 Å². The zero-order chi connectivity index (χ0) is 13.8. The summed E-state index contributed by atoms with van der Waals surface area (Å²) >= 11 is 0. The van der Waals surface area contributed by atoms with Gasteiger partial charge < -0.3 is 10.4 Å². The molecule has 1 aromatic heterocycles. The van der Waals surface area contributed by atoms with E-state index in [1.165, 1.54) is 6.08 Å². The van der Waals surface area contributed by atoms with E-state index in [-0.39, 0.29) is 29.6 Å². The van der Waals surface area contributed by atoms with Crippen LogP contribution in [0.4, 0.5) is 0 Å². The minimum Gasteiger partial charge on any atom is -0.396 e. The molecule has 1 heterocycles. The van der Waals surface area contributed by atoms with Crippen LogP contribution in [-0.4, -0.2) is 34.8 Å². The number of hydrogen-bond acceptors (Lipinski definition) is 5. The van der Waals surface area contributed by atoms with Crippen molar-refractivity contribution in [2.24, 2.45) is 0 Å². The number of ketones is 2. The smallest absolute Gasteiger partial charge is 0.228 e. The predicted octanol–water partition coefficient (Wildman–Crippen LogP) is 1.02. The second-order valence-corrected chi connectivity index (χ2v) is 4.46. The first-order valence-corrected chi connectivity index (χ1v) is 6.26. The van der Waals surface area contributed by atoms with Crippen LogP contribution in [0, 0.1) is 6.92 Å². The lowest BCUT2D eigenvalue weighted by atomic mass is 9.97. The highest BCUT2D eigenvalue weighted by Crippen LogP contribution is 2.18. The average molecular weight is 260 g/mol. The van der Waals surface area contributed by atoms with Crippen molar-refractivity contribution >= 4 is 11.6 Å². The number of unbranched alkanes of at least 4 members (excludes halogenated alkanes) is 1. The van der Waals surface area contributed by atoms with E-state index in [1.54, 1.807) is 19.1 Å². The van der Waals surface area contributed by atoms with Crippen LogP contribution in [0.2, 0.25) is 0 Å². The Balaban J connectivity index is 2.16. The second-order valence-electron chi connectivity index (χ2n) is 4.46. The zero-order valence-electron chi connectivity index (χ0n) is 10.8. The van der Waals surface area contributed by atoms with Gasteiger partial charge in [-0.25, -0.2) is 4.98 Å². The van der Waals surface area contributed by atoms with Gasteiger partial charge in [-0.05, 0) is 31.9 Å². The Bertz CT molecular complexity index is 550. The van der Waals surface area contributed by atoms with Gasteiger partial charge in [-0.3, -0.25) is 9.59 Å². The van der Waals surface area contributed by atoms with Crippen LogP contribution in [0.5, 0.6) is 0 Å². The number of nitrogens with one attached hydrogen (secondary N) is 1. The summed E-state index contributed by atoms with van der Waals surface area (Å²) in [6, 6.07) is 3.36. The first-order valence-electron chi connectivity index (χ1n) is 6.26. The predicted molar refractivity (Wildman–Crippen MR) is 70.0 cm³/mol. The maximum absolute atomic E-state index is 12.2. The SMILES string of the molecule is Cc1ccc2c(n1)C(=O)C(NCCCCO)=CC2=O. The number of rotatable bonds is 5. The summed E-state index contributed by atoms with van der Waals surface area (Å²) < 4.78 is 0. The number of carbonyl (C=O) groups is 2. The average Bonchev–Trinajstić information content (AvgIpc) is 2.40. The third-order valence-corrected chi connectivity index (χ3v) is 2.94. The molecule has 100 valence electrons. The fraction of sp³-hybridized carbons (Fsp3) is 0.357. The van der Waals surface area contributed by atoms with Crippen molar-refractivity contribution in [3.05, 3.63) is 40.9 Å². The number of allylic oxidation sites excluding steroid dienone is 2. The van der Waals surface area contributed by atoms with Gasteiger partial charge in [-0.1, -0.05) is 0 Å². The monoisotopic (exact) mass is 260 g/mol. The van der Waals surface area contributed by atoms with Crippen molar-refractivity contribution in [2.75, 3.05) is 13.2 Å². The van der Waals surface area contributed by atoms with Crippen LogP contribution < -0.4 is 5.32 Å². The quantitative estimate of drug-likeness (QED) is 0.773. The Kier molecular flexibility index (Phi) is 4.06. The molecule has 5 heteroatoms. The third-order valence-electron chi connectivity index (χ3n) is 2.94. The Morgan fingerprint density at radius 1 is 1.26 bits per heavy atom. The topological polar surface area (TPSA) is 79.3 Å². The molecule has 0 bridgehead atoms. The summed E-state index contributed by atoms with van der Waals surface area (Å²) in [6.45, 7) is 2.45. The number of aromatic nitrogens is 1. The van der Waals surface area contributed by atoms with Crippen LogP contribution in [0.25, 0.3) is 0 Å². The summed E-state index contributed by atoms with van der Waals surface area (Å²) in [7, 11) is 0. The number of aryl methyl sites for hydroxylation is 1. The van der Waals surface area contributed by atoms with Gasteiger partial charge >= 0.3 is 0 Å². The van der Waals surface area contributed by atoms with Crippen LogP contribution in [-0.2, 0) is 0 Å². The summed E-state index contributed by atoms with van der Waals surface area (Å²) in [5.41, 5.74) is 1.57. The van der Waals surface area contributed by atoms with Crippen LogP contribution >= 0.6 is 0 Å². The molecular weight excluding hydrogens is 244 g/mol. The van der Waals surface area contributed by atoms with E-state index in [9.17, 15) is 9.59 Å². The molecule has 1 aliphatic rings. The van der Waals surface area contributed by atoms with Gasteiger partial charge in [0.1, 0.15) is 5.69 Å². The Hall–Kier alpha value is -2.01. The largest absolute Gasteiger partial charge is 0.396 e. The summed E-state index contributed by atoms with van der Waals surface area (Å²) in [4.78, 5) is 28.2. The molecule has 5 nitrogen and oxygen atoms in total. The van der Waals surface area contributed by atoms with Crippen molar-refractivity contribution < 1.29 is 14.7 Å².